The van der Waals surface area contributed by atoms with Crippen molar-refractivity contribution < 1.29 is 13.2 Å². The normalized spacial score (nSPS) is 33.8. The number of nitrogens with two attached hydrogens (primary N) is 1. The molecule has 0 aromatic carbocycles. The van der Waals surface area contributed by atoms with Crippen molar-refractivity contribution in [3.8, 4) is 0 Å². The quantitative estimate of drug-likeness (QED) is 0.544. The van der Waals surface area contributed by atoms with E-state index in [1.165, 1.54) is 0 Å². The van der Waals surface area contributed by atoms with Crippen LogP contribution in [0, 0.1) is 0 Å². The summed E-state index contributed by atoms with van der Waals surface area (Å²) in [5, 5.41) is 0. The van der Waals surface area contributed by atoms with E-state index in [4.69, 9.17) is 5.73 Å². The zero-order valence-electron chi connectivity index (χ0n) is 6.36. The summed E-state index contributed by atoms with van der Waals surface area (Å²) in [4.78, 5) is 0. The van der Waals surface area contributed by atoms with Crippen LogP contribution in [0.15, 0.2) is 0 Å². The first-order chi connectivity index (χ1) is 5.35. The van der Waals surface area contributed by atoms with E-state index in [-0.39, 0.29) is 13.0 Å². The highest BCUT2D eigenvalue weighted by Gasteiger charge is 2.53. The van der Waals surface area contributed by atoms with Crippen molar-refractivity contribution >= 4 is 22.9 Å². The van der Waals surface area contributed by atoms with Crippen LogP contribution in [0.4, 0.5) is 13.2 Å². The van der Waals surface area contributed by atoms with E-state index in [0.29, 0.717) is 13.0 Å². The molecule has 1 unspecified atom stereocenters. The van der Waals surface area contributed by atoms with Crippen LogP contribution in [0.1, 0.15) is 12.8 Å². The van der Waals surface area contributed by atoms with E-state index in [1.54, 1.807) is 3.11 Å². The molecule has 72 valence electrons. The molecule has 1 heterocycles. The van der Waals surface area contributed by atoms with Gasteiger partial charge in [-0.05, 0) is 12.8 Å². The second-order valence-corrected chi connectivity index (χ2v) is 4.47. The molecule has 0 radical (unpaired) electrons. The van der Waals surface area contributed by atoms with Crippen molar-refractivity contribution in [1.29, 1.82) is 0 Å². The van der Waals surface area contributed by atoms with Gasteiger partial charge in [0.25, 0.3) is 0 Å². The van der Waals surface area contributed by atoms with Gasteiger partial charge < -0.3 is 5.73 Å². The van der Waals surface area contributed by atoms with Crippen LogP contribution in [0.2, 0.25) is 0 Å². The highest BCUT2D eigenvalue weighted by Crippen LogP contribution is 2.35. The summed E-state index contributed by atoms with van der Waals surface area (Å²) in [7, 11) is 0. The van der Waals surface area contributed by atoms with Crippen molar-refractivity contribution in [2.45, 2.75) is 24.6 Å². The molecule has 0 saturated carbocycles. The average Bonchev–Trinajstić information content (AvgIpc) is 1.83. The molecule has 1 rings (SSSR count). The fourth-order valence-electron chi connectivity index (χ4n) is 1.26. The number of nitrogens with zero attached hydrogens (tertiary/aromatic N) is 1. The van der Waals surface area contributed by atoms with E-state index in [1.807, 2.05) is 22.9 Å². The highest BCUT2D eigenvalue weighted by molar-refractivity contribution is 14.1. The average molecular weight is 294 g/mol. The Bertz CT molecular complexity index is 173. The lowest BCUT2D eigenvalue weighted by atomic mass is 9.91. The summed E-state index contributed by atoms with van der Waals surface area (Å²) in [5.41, 5.74) is 3.26. The maximum atomic E-state index is 12.3. The number of halogens is 4. The standard InChI is InChI=1S/C6H10F3IN2/c7-6(8,9)5(11)2-1-3-12(10)4-5/h1-4,11H2. The number of alkyl halides is 3. The van der Waals surface area contributed by atoms with Gasteiger partial charge in [0.1, 0.15) is 5.54 Å². The Morgan fingerprint density at radius 2 is 2.00 bits per heavy atom. The first-order valence-electron chi connectivity index (χ1n) is 3.61. The molecule has 1 fully saturated rings. The molecule has 0 amide bonds. The smallest absolute Gasteiger partial charge is 0.317 e. The molecule has 1 aliphatic rings. The molecular formula is C6H10F3IN2. The van der Waals surface area contributed by atoms with Gasteiger partial charge in [-0.25, -0.2) is 3.11 Å². The van der Waals surface area contributed by atoms with E-state index in [0.717, 1.165) is 0 Å². The SMILES string of the molecule is NC1(C(F)(F)F)CCCN(I)C1. The largest absolute Gasteiger partial charge is 0.407 e. The Balaban J connectivity index is 2.70. The third-order valence-corrected chi connectivity index (χ3v) is 2.87. The fourth-order valence-corrected chi connectivity index (χ4v) is 2.21. The Hall–Kier alpha value is 0.440. The van der Waals surface area contributed by atoms with Crippen LogP contribution in [0.3, 0.4) is 0 Å². The number of hydrogen-bond acceptors (Lipinski definition) is 2. The van der Waals surface area contributed by atoms with E-state index in [2.05, 4.69) is 0 Å². The Kier molecular flexibility index (Phi) is 2.89. The highest BCUT2D eigenvalue weighted by atomic mass is 127. The molecule has 0 aromatic rings. The van der Waals surface area contributed by atoms with Crippen LogP contribution in [-0.2, 0) is 0 Å². The minimum atomic E-state index is -4.28. The molecule has 0 spiro atoms. The summed E-state index contributed by atoms with van der Waals surface area (Å²) in [5.74, 6) is 0. The first kappa shape index (κ1) is 10.5. The van der Waals surface area contributed by atoms with Crippen LogP contribution in [0.5, 0.6) is 0 Å². The summed E-state index contributed by atoms with van der Waals surface area (Å²) in [6.45, 7) is 0.590. The number of hydrogen-bond donors (Lipinski definition) is 1. The monoisotopic (exact) mass is 294 g/mol. The van der Waals surface area contributed by atoms with Gasteiger partial charge in [-0.1, -0.05) is 0 Å². The van der Waals surface area contributed by atoms with Crippen molar-refractivity contribution in [3.63, 3.8) is 0 Å². The second kappa shape index (κ2) is 3.30. The molecule has 12 heavy (non-hydrogen) atoms. The van der Waals surface area contributed by atoms with Gasteiger partial charge in [0.05, 0.1) is 0 Å². The van der Waals surface area contributed by atoms with Crippen LogP contribution < -0.4 is 5.73 Å². The summed E-state index contributed by atoms with van der Waals surface area (Å²) in [6.07, 6.45) is -3.73. The van der Waals surface area contributed by atoms with Crippen molar-refractivity contribution in [1.82, 2.24) is 3.11 Å². The van der Waals surface area contributed by atoms with Crippen LogP contribution in [0.25, 0.3) is 0 Å². The lowest BCUT2D eigenvalue weighted by Gasteiger charge is -2.38. The first-order valence-corrected chi connectivity index (χ1v) is 4.58. The molecule has 1 aliphatic heterocycles. The minimum absolute atomic E-state index is 0.0377. The molecule has 2 N–H and O–H groups in total. The van der Waals surface area contributed by atoms with Gasteiger partial charge in [-0.3, -0.25) is 0 Å². The third kappa shape index (κ3) is 2.02. The van der Waals surface area contributed by atoms with Crippen molar-refractivity contribution in [2.24, 2.45) is 5.73 Å². The van der Waals surface area contributed by atoms with Gasteiger partial charge in [0.15, 0.2) is 0 Å². The van der Waals surface area contributed by atoms with Gasteiger partial charge >= 0.3 is 6.18 Å². The third-order valence-electron chi connectivity index (χ3n) is 2.04. The molecule has 1 saturated heterocycles. The van der Waals surface area contributed by atoms with Crippen LogP contribution in [-0.4, -0.2) is 27.9 Å². The van der Waals surface area contributed by atoms with Gasteiger partial charge in [0, 0.05) is 36.0 Å². The van der Waals surface area contributed by atoms with Gasteiger partial charge in [-0.15, -0.1) is 0 Å². The molecule has 1 atom stereocenters. The van der Waals surface area contributed by atoms with E-state index < -0.39 is 11.7 Å². The maximum absolute atomic E-state index is 12.3. The molecule has 2 nitrogen and oxygen atoms in total. The van der Waals surface area contributed by atoms with Crippen molar-refractivity contribution in [2.75, 3.05) is 13.1 Å². The topological polar surface area (TPSA) is 29.3 Å². The van der Waals surface area contributed by atoms with Crippen LogP contribution >= 0.6 is 22.9 Å². The fraction of sp³-hybridized carbons (Fsp3) is 1.00. The molecule has 0 aromatic heterocycles. The Morgan fingerprint density at radius 1 is 1.42 bits per heavy atom. The molecular weight excluding hydrogens is 284 g/mol. The van der Waals surface area contributed by atoms with E-state index in [9.17, 15) is 13.2 Å². The molecule has 0 bridgehead atoms. The Labute approximate surface area is 82.8 Å². The lowest BCUT2D eigenvalue weighted by Crippen LogP contribution is -2.61. The summed E-state index contributed by atoms with van der Waals surface area (Å²) < 4.78 is 38.6. The summed E-state index contributed by atoms with van der Waals surface area (Å²) in [6, 6.07) is 0. The lowest BCUT2D eigenvalue weighted by molar-refractivity contribution is -0.193. The minimum Gasteiger partial charge on any atom is -0.317 e. The number of piperidine rings is 1. The van der Waals surface area contributed by atoms with Crippen molar-refractivity contribution in [3.05, 3.63) is 0 Å². The zero-order chi connectivity index (χ0) is 9.41. The van der Waals surface area contributed by atoms with E-state index >= 15 is 0 Å². The Morgan fingerprint density at radius 3 is 2.33 bits per heavy atom. The summed E-state index contributed by atoms with van der Waals surface area (Å²) >= 11 is 1.88. The maximum Gasteiger partial charge on any atom is 0.407 e. The number of rotatable bonds is 0. The predicted molar refractivity (Wildman–Crippen MR) is 47.8 cm³/mol. The second-order valence-electron chi connectivity index (χ2n) is 3.10. The van der Waals surface area contributed by atoms with Gasteiger partial charge in [-0.2, -0.15) is 13.2 Å². The molecule has 0 aliphatic carbocycles. The van der Waals surface area contributed by atoms with Gasteiger partial charge in [0.2, 0.25) is 0 Å². The molecule has 6 heteroatoms. The predicted octanol–water partition coefficient (Wildman–Crippen LogP) is 1.69. The zero-order valence-corrected chi connectivity index (χ0v) is 8.52.